The first kappa shape index (κ1) is 7.84. The topological polar surface area (TPSA) is 0 Å². The van der Waals surface area contributed by atoms with E-state index >= 15 is 0 Å². The zero-order valence-corrected chi connectivity index (χ0v) is 7.82. The molecular formula is C10H6ClS. The first-order chi connectivity index (χ1) is 5.88. The fourth-order valence-electron chi connectivity index (χ4n) is 1.03. The molecule has 12 heavy (non-hydrogen) atoms. The maximum absolute atomic E-state index is 6.00. The van der Waals surface area contributed by atoms with Gasteiger partial charge in [-0.15, -0.1) is 11.3 Å². The van der Waals surface area contributed by atoms with E-state index < -0.39 is 0 Å². The quantitative estimate of drug-likeness (QED) is 0.645. The molecule has 2 aromatic rings. The van der Waals surface area contributed by atoms with Crippen LogP contribution < -0.4 is 0 Å². The van der Waals surface area contributed by atoms with Crippen LogP contribution in [-0.4, -0.2) is 0 Å². The lowest BCUT2D eigenvalue weighted by atomic mass is 10.2. The van der Waals surface area contributed by atoms with Crippen molar-refractivity contribution in [1.82, 2.24) is 0 Å². The zero-order valence-electron chi connectivity index (χ0n) is 6.25. The minimum atomic E-state index is 0.788. The number of rotatable bonds is 1. The molecule has 0 N–H and O–H groups in total. The second-order valence-corrected chi connectivity index (χ2v) is 3.74. The van der Waals surface area contributed by atoms with E-state index in [4.69, 9.17) is 11.6 Å². The third-order valence-electron chi connectivity index (χ3n) is 1.60. The Kier molecular flexibility index (Phi) is 2.15. The van der Waals surface area contributed by atoms with Crippen molar-refractivity contribution in [2.75, 3.05) is 0 Å². The van der Waals surface area contributed by atoms with Crippen LogP contribution in [0.4, 0.5) is 0 Å². The van der Waals surface area contributed by atoms with Crippen molar-refractivity contribution in [3.05, 3.63) is 46.8 Å². The van der Waals surface area contributed by atoms with Crippen molar-refractivity contribution in [2.24, 2.45) is 0 Å². The van der Waals surface area contributed by atoms with Gasteiger partial charge in [0, 0.05) is 15.5 Å². The average Bonchev–Trinajstić information content (AvgIpc) is 2.57. The van der Waals surface area contributed by atoms with E-state index in [9.17, 15) is 0 Å². The van der Waals surface area contributed by atoms with Gasteiger partial charge < -0.3 is 0 Å². The summed E-state index contributed by atoms with van der Waals surface area (Å²) in [5.74, 6) is 0. The lowest BCUT2D eigenvalue weighted by Gasteiger charge is -1.98. The van der Waals surface area contributed by atoms with Gasteiger partial charge in [-0.25, -0.2) is 0 Å². The van der Waals surface area contributed by atoms with E-state index in [0.29, 0.717) is 0 Å². The molecule has 0 bridgehead atoms. The van der Waals surface area contributed by atoms with Crippen molar-refractivity contribution >= 4 is 22.9 Å². The molecule has 0 nitrogen and oxygen atoms in total. The molecule has 0 atom stereocenters. The molecule has 0 saturated heterocycles. The Morgan fingerprint density at radius 2 is 2.25 bits per heavy atom. The van der Waals surface area contributed by atoms with Crippen LogP contribution in [0.15, 0.2) is 35.7 Å². The summed E-state index contributed by atoms with van der Waals surface area (Å²) < 4.78 is 0. The zero-order chi connectivity index (χ0) is 8.39. The summed E-state index contributed by atoms with van der Waals surface area (Å²) in [7, 11) is 0. The number of benzene rings is 1. The summed E-state index contributed by atoms with van der Waals surface area (Å²) in [6.45, 7) is 0. The second-order valence-electron chi connectivity index (χ2n) is 2.38. The molecule has 0 aliphatic heterocycles. The Morgan fingerprint density at radius 3 is 2.92 bits per heavy atom. The predicted octanol–water partition coefficient (Wildman–Crippen LogP) is 3.87. The maximum Gasteiger partial charge on any atom is 0.0492 e. The summed E-state index contributed by atoms with van der Waals surface area (Å²) >= 11 is 7.69. The van der Waals surface area contributed by atoms with Gasteiger partial charge in [0.25, 0.3) is 0 Å². The molecule has 1 heterocycles. The fraction of sp³-hybridized carbons (Fsp3) is 0. The van der Waals surface area contributed by atoms with Gasteiger partial charge in [-0.2, -0.15) is 0 Å². The number of halogens is 1. The van der Waals surface area contributed by atoms with Crippen molar-refractivity contribution in [2.45, 2.75) is 0 Å². The molecule has 0 spiro atoms. The van der Waals surface area contributed by atoms with Gasteiger partial charge in [0.1, 0.15) is 0 Å². The molecule has 0 aliphatic rings. The van der Waals surface area contributed by atoms with Crippen LogP contribution in [0.3, 0.4) is 0 Å². The van der Waals surface area contributed by atoms with Crippen LogP contribution >= 0.6 is 22.9 Å². The van der Waals surface area contributed by atoms with Crippen LogP contribution in [0, 0.1) is 6.07 Å². The fourth-order valence-corrected chi connectivity index (χ4v) is 2.06. The monoisotopic (exact) mass is 193 g/mol. The van der Waals surface area contributed by atoms with E-state index in [1.165, 1.54) is 4.88 Å². The summed E-state index contributed by atoms with van der Waals surface area (Å²) in [4.78, 5) is 1.19. The third kappa shape index (κ3) is 1.38. The Labute approximate surface area is 80.4 Å². The molecule has 0 aliphatic carbocycles. The molecule has 1 radical (unpaired) electrons. The van der Waals surface area contributed by atoms with Crippen molar-refractivity contribution in [3.63, 3.8) is 0 Å². The molecule has 1 aromatic heterocycles. The highest BCUT2D eigenvalue weighted by Crippen LogP contribution is 2.30. The molecule has 0 amide bonds. The predicted molar refractivity (Wildman–Crippen MR) is 53.6 cm³/mol. The minimum Gasteiger partial charge on any atom is -0.144 e. The van der Waals surface area contributed by atoms with Gasteiger partial charge in [0.2, 0.25) is 0 Å². The first-order valence-corrected chi connectivity index (χ1v) is 4.83. The summed E-state index contributed by atoms with van der Waals surface area (Å²) in [6.07, 6.45) is 0. The van der Waals surface area contributed by atoms with Crippen LogP contribution in [0.2, 0.25) is 5.02 Å². The number of hydrogen-bond acceptors (Lipinski definition) is 1. The Morgan fingerprint density at radius 1 is 1.33 bits per heavy atom. The standard InChI is InChI=1S/C10H6ClS/c11-9-5-2-1-4-8(9)10-6-3-7-12-10/h2-7H. The average molecular weight is 194 g/mol. The van der Waals surface area contributed by atoms with E-state index in [1.807, 2.05) is 29.6 Å². The molecule has 2 rings (SSSR count). The molecule has 0 saturated carbocycles. The number of hydrogen-bond donors (Lipinski definition) is 0. The molecule has 1 aromatic carbocycles. The van der Waals surface area contributed by atoms with Crippen LogP contribution in [-0.2, 0) is 0 Å². The van der Waals surface area contributed by atoms with Crippen molar-refractivity contribution < 1.29 is 0 Å². The molecule has 59 valence electrons. The summed E-state index contributed by atoms with van der Waals surface area (Å²) in [6, 6.07) is 12.7. The van der Waals surface area contributed by atoms with Crippen molar-refractivity contribution in [1.29, 1.82) is 0 Å². The summed E-state index contributed by atoms with van der Waals surface area (Å²) in [5.41, 5.74) is 1.06. The highest BCUT2D eigenvalue weighted by Gasteiger charge is 2.01. The molecule has 0 unspecified atom stereocenters. The van der Waals surface area contributed by atoms with Gasteiger partial charge in [-0.05, 0) is 29.6 Å². The Hall–Kier alpha value is -0.790. The van der Waals surface area contributed by atoms with Crippen molar-refractivity contribution in [3.8, 4) is 10.4 Å². The lowest BCUT2D eigenvalue weighted by Crippen LogP contribution is -1.72. The second kappa shape index (κ2) is 3.30. The van der Waals surface area contributed by atoms with E-state index in [2.05, 4.69) is 12.1 Å². The minimum absolute atomic E-state index is 0.788. The third-order valence-corrected chi connectivity index (χ3v) is 2.83. The molecular weight excluding hydrogens is 188 g/mol. The van der Waals surface area contributed by atoms with E-state index in [1.54, 1.807) is 11.3 Å². The Bertz CT molecular complexity index is 365. The molecule has 0 fully saturated rings. The van der Waals surface area contributed by atoms with Gasteiger partial charge in [-0.1, -0.05) is 23.7 Å². The molecule has 2 heteroatoms. The maximum atomic E-state index is 6.00. The van der Waals surface area contributed by atoms with Crippen LogP contribution in [0.1, 0.15) is 0 Å². The Balaban J connectivity index is 2.55. The van der Waals surface area contributed by atoms with Gasteiger partial charge in [0.05, 0.1) is 0 Å². The normalized spacial score (nSPS) is 10.1. The van der Waals surface area contributed by atoms with E-state index in [0.717, 1.165) is 10.6 Å². The highest BCUT2D eigenvalue weighted by molar-refractivity contribution is 7.13. The lowest BCUT2D eigenvalue weighted by molar-refractivity contribution is 1.68. The first-order valence-electron chi connectivity index (χ1n) is 3.57. The largest absolute Gasteiger partial charge is 0.144 e. The van der Waals surface area contributed by atoms with Gasteiger partial charge in [-0.3, -0.25) is 0 Å². The smallest absolute Gasteiger partial charge is 0.0492 e. The van der Waals surface area contributed by atoms with Crippen LogP contribution in [0.25, 0.3) is 10.4 Å². The number of thiophene rings is 1. The highest BCUT2D eigenvalue weighted by atomic mass is 35.5. The van der Waals surface area contributed by atoms with Gasteiger partial charge >= 0.3 is 0 Å². The SMILES string of the molecule is Clc1cc[c]cc1-c1cccs1. The van der Waals surface area contributed by atoms with Gasteiger partial charge in [0.15, 0.2) is 0 Å². The summed E-state index contributed by atoms with van der Waals surface area (Å²) in [5, 5.41) is 2.83. The van der Waals surface area contributed by atoms with E-state index in [-0.39, 0.29) is 0 Å². The van der Waals surface area contributed by atoms with Crippen LogP contribution in [0.5, 0.6) is 0 Å².